The molecule has 0 amide bonds. The Morgan fingerprint density at radius 3 is 2.53 bits per heavy atom. The van der Waals surface area contributed by atoms with Crippen LogP contribution >= 0.6 is 0 Å². The van der Waals surface area contributed by atoms with Crippen molar-refractivity contribution in [3.63, 3.8) is 0 Å². The second kappa shape index (κ2) is 4.97. The van der Waals surface area contributed by atoms with Crippen LogP contribution in [0.5, 0.6) is 0 Å². The molecule has 1 aromatic carbocycles. The van der Waals surface area contributed by atoms with Crippen molar-refractivity contribution in [3.05, 3.63) is 53.1 Å². The third-order valence-corrected chi connectivity index (χ3v) is 2.82. The Kier molecular flexibility index (Phi) is 3.90. The molecule has 0 unspecified atom stereocenters. The lowest BCUT2D eigenvalue weighted by Gasteiger charge is -2.13. The maximum Gasteiger partial charge on any atom is -0.00914 e. The van der Waals surface area contributed by atoms with Crippen molar-refractivity contribution in [2.45, 2.75) is 34.1 Å². The van der Waals surface area contributed by atoms with Gasteiger partial charge in [0.25, 0.3) is 0 Å². The molecule has 0 aliphatic rings. The largest absolute Gasteiger partial charge is 0.0955 e. The minimum Gasteiger partial charge on any atom is -0.0955 e. The highest BCUT2D eigenvalue weighted by Crippen LogP contribution is 2.25. The van der Waals surface area contributed by atoms with E-state index < -0.39 is 0 Å². The Balaban J connectivity index is 3.26. The second-order valence-electron chi connectivity index (χ2n) is 4.10. The molecule has 0 aliphatic heterocycles. The molecule has 0 spiro atoms. The molecule has 0 aliphatic carbocycles. The van der Waals surface area contributed by atoms with E-state index in [1.165, 1.54) is 22.3 Å². The lowest BCUT2D eigenvalue weighted by atomic mass is 9.92. The van der Waals surface area contributed by atoms with Crippen molar-refractivity contribution in [1.82, 2.24) is 0 Å². The number of hydrogen-bond acceptors (Lipinski definition) is 0. The van der Waals surface area contributed by atoms with E-state index in [9.17, 15) is 0 Å². The zero-order valence-electron chi connectivity index (χ0n) is 10.2. The fourth-order valence-corrected chi connectivity index (χ4v) is 1.88. The van der Waals surface area contributed by atoms with E-state index >= 15 is 0 Å². The SMILES string of the molecule is C=C(C)c1c(CC=CC)ccc(C)c1C. The van der Waals surface area contributed by atoms with Crippen LogP contribution in [-0.4, -0.2) is 0 Å². The summed E-state index contributed by atoms with van der Waals surface area (Å²) in [7, 11) is 0. The summed E-state index contributed by atoms with van der Waals surface area (Å²) in [6.45, 7) is 12.5. The molecule has 0 aromatic heterocycles. The van der Waals surface area contributed by atoms with Crippen LogP contribution in [0.4, 0.5) is 0 Å². The Bertz CT molecular complexity index is 395. The second-order valence-corrected chi connectivity index (χ2v) is 4.10. The van der Waals surface area contributed by atoms with Gasteiger partial charge >= 0.3 is 0 Å². The molecular weight excluding hydrogens is 180 g/mol. The van der Waals surface area contributed by atoms with Crippen LogP contribution < -0.4 is 0 Å². The summed E-state index contributed by atoms with van der Waals surface area (Å²) in [6, 6.07) is 4.41. The first-order chi connectivity index (χ1) is 7.07. The van der Waals surface area contributed by atoms with Gasteiger partial charge in [0.2, 0.25) is 0 Å². The van der Waals surface area contributed by atoms with Crippen LogP contribution in [0, 0.1) is 13.8 Å². The van der Waals surface area contributed by atoms with Crippen LogP contribution in [0.3, 0.4) is 0 Å². The van der Waals surface area contributed by atoms with Crippen LogP contribution in [0.15, 0.2) is 30.9 Å². The van der Waals surface area contributed by atoms with Gasteiger partial charge in [0, 0.05) is 0 Å². The molecule has 0 N–H and O–H groups in total. The zero-order chi connectivity index (χ0) is 11.4. The maximum atomic E-state index is 4.07. The molecule has 0 heteroatoms. The van der Waals surface area contributed by atoms with Crippen LogP contribution in [0.1, 0.15) is 36.1 Å². The summed E-state index contributed by atoms with van der Waals surface area (Å²) in [6.07, 6.45) is 5.29. The maximum absolute atomic E-state index is 4.07. The predicted octanol–water partition coefficient (Wildman–Crippen LogP) is 4.46. The average Bonchev–Trinajstić information content (AvgIpc) is 2.19. The number of hydrogen-bond donors (Lipinski definition) is 0. The summed E-state index contributed by atoms with van der Waals surface area (Å²) in [5, 5.41) is 0. The molecule has 0 atom stereocenters. The predicted molar refractivity (Wildman–Crippen MR) is 69.1 cm³/mol. The first-order valence-electron chi connectivity index (χ1n) is 5.44. The smallest absolute Gasteiger partial charge is 0.00914 e. The molecule has 0 heterocycles. The Labute approximate surface area is 93.3 Å². The van der Waals surface area contributed by atoms with E-state index in [1.807, 2.05) is 0 Å². The van der Waals surface area contributed by atoms with Crippen LogP contribution in [-0.2, 0) is 6.42 Å². The van der Waals surface area contributed by atoms with Gasteiger partial charge in [0.1, 0.15) is 0 Å². The number of allylic oxidation sites excluding steroid dienone is 3. The first kappa shape index (κ1) is 11.8. The molecule has 0 radical (unpaired) electrons. The monoisotopic (exact) mass is 200 g/mol. The highest BCUT2D eigenvalue weighted by molar-refractivity contribution is 5.69. The number of rotatable bonds is 3. The van der Waals surface area contributed by atoms with E-state index in [1.54, 1.807) is 0 Å². The van der Waals surface area contributed by atoms with Gasteiger partial charge in [-0.2, -0.15) is 0 Å². The summed E-state index contributed by atoms with van der Waals surface area (Å²) >= 11 is 0. The van der Waals surface area contributed by atoms with Gasteiger partial charge in [0.05, 0.1) is 0 Å². The molecule has 0 nitrogen and oxygen atoms in total. The van der Waals surface area contributed by atoms with E-state index in [-0.39, 0.29) is 0 Å². The van der Waals surface area contributed by atoms with Gasteiger partial charge in [-0.25, -0.2) is 0 Å². The fourth-order valence-electron chi connectivity index (χ4n) is 1.88. The Morgan fingerprint density at radius 1 is 1.33 bits per heavy atom. The molecule has 0 saturated carbocycles. The van der Waals surface area contributed by atoms with Crippen molar-refractivity contribution < 1.29 is 0 Å². The van der Waals surface area contributed by atoms with Crippen molar-refractivity contribution >= 4 is 5.57 Å². The minimum absolute atomic E-state index is 1.000. The van der Waals surface area contributed by atoms with E-state index in [0.717, 1.165) is 12.0 Å². The van der Waals surface area contributed by atoms with Gasteiger partial charge in [-0.3, -0.25) is 0 Å². The molecule has 1 aromatic rings. The van der Waals surface area contributed by atoms with E-state index in [4.69, 9.17) is 0 Å². The summed E-state index contributed by atoms with van der Waals surface area (Å²) in [5.74, 6) is 0. The molecule has 1 rings (SSSR count). The molecule has 15 heavy (non-hydrogen) atoms. The van der Waals surface area contributed by atoms with Crippen molar-refractivity contribution in [2.75, 3.05) is 0 Å². The van der Waals surface area contributed by atoms with Crippen molar-refractivity contribution in [3.8, 4) is 0 Å². The van der Waals surface area contributed by atoms with Gasteiger partial charge in [0.15, 0.2) is 0 Å². The third kappa shape index (κ3) is 2.59. The van der Waals surface area contributed by atoms with Crippen LogP contribution in [0.25, 0.3) is 5.57 Å². The molecular formula is C15H20. The summed E-state index contributed by atoms with van der Waals surface area (Å²) in [5.41, 5.74) is 6.59. The normalized spacial score (nSPS) is 10.9. The number of aryl methyl sites for hydroxylation is 1. The molecule has 80 valence electrons. The standard InChI is InChI=1S/C15H20/c1-6-7-8-14-10-9-12(4)13(5)15(14)11(2)3/h6-7,9-10H,2,8H2,1,3-5H3. The van der Waals surface area contributed by atoms with Gasteiger partial charge < -0.3 is 0 Å². The highest BCUT2D eigenvalue weighted by atomic mass is 14.1. The summed E-state index contributed by atoms with van der Waals surface area (Å²) < 4.78 is 0. The fraction of sp³-hybridized carbons (Fsp3) is 0.333. The summed E-state index contributed by atoms with van der Waals surface area (Å²) in [4.78, 5) is 0. The lowest BCUT2D eigenvalue weighted by molar-refractivity contribution is 1.19. The number of benzene rings is 1. The highest BCUT2D eigenvalue weighted by Gasteiger charge is 2.07. The quantitative estimate of drug-likeness (QED) is 0.632. The average molecular weight is 200 g/mol. The third-order valence-electron chi connectivity index (χ3n) is 2.82. The van der Waals surface area contributed by atoms with E-state index in [2.05, 4.69) is 58.6 Å². The molecule has 0 fully saturated rings. The lowest BCUT2D eigenvalue weighted by Crippen LogP contribution is -1.96. The van der Waals surface area contributed by atoms with Crippen LogP contribution in [0.2, 0.25) is 0 Å². The van der Waals surface area contributed by atoms with Gasteiger partial charge in [-0.15, -0.1) is 0 Å². The first-order valence-corrected chi connectivity index (χ1v) is 5.44. The van der Waals surface area contributed by atoms with E-state index in [0.29, 0.717) is 0 Å². The molecule has 0 bridgehead atoms. The zero-order valence-corrected chi connectivity index (χ0v) is 10.2. The minimum atomic E-state index is 1.000. The van der Waals surface area contributed by atoms with Crippen molar-refractivity contribution in [1.29, 1.82) is 0 Å². The van der Waals surface area contributed by atoms with Gasteiger partial charge in [-0.05, 0) is 56.4 Å². The Hall–Kier alpha value is -1.30. The Morgan fingerprint density at radius 2 is 2.00 bits per heavy atom. The van der Waals surface area contributed by atoms with Crippen molar-refractivity contribution in [2.24, 2.45) is 0 Å². The molecule has 0 saturated heterocycles. The van der Waals surface area contributed by atoms with Gasteiger partial charge in [-0.1, -0.05) is 36.4 Å². The topological polar surface area (TPSA) is 0 Å².